The summed E-state index contributed by atoms with van der Waals surface area (Å²) in [5.74, 6) is 0. The number of aryl methyl sites for hydroxylation is 2. The van der Waals surface area contributed by atoms with Crippen LogP contribution in [0.1, 0.15) is 61.4 Å². The van der Waals surface area contributed by atoms with Gasteiger partial charge in [0.05, 0.1) is 0 Å². The van der Waals surface area contributed by atoms with Crippen molar-refractivity contribution in [1.82, 2.24) is 0 Å². The van der Waals surface area contributed by atoms with E-state index >= 15 is 0 Å². The fourth-order valence-electron chi connectivity index (χ4n) is 9.13. The van der Waals surface area contributed by atoms with E-state index in [2.05, 4.69) is 156 Å². The van der Waals surface area contributed by atoms with Gasteiger partial charge in [0.1, 0.15) is 0 Å². The first-order valence-electron chi connectivity index (χ1n) is 16.8. The van der Waals surface area contributed by atoms with Crippen LogP contribution >= 0.6 is 17.0 Å². The van der Waals surface area contributed by atoms with Crippen LogP contribution in [0.4, 0.5) is 0 Å². The van der Waals surface area contributed by atoms with Gasteiger partial charge < -0.3 is 0 Å². The van der Waals surface area contributed by atoms with Gasteiger partial charge in [0.25, 0.3) is 0 Å². The normalized spacial score (nSPS) is 18.1. The van der Waals surface area contributed by atoms with E-state index in [1.165, 1.54) is 88.3 Å². The van der Waals surface area contributed by atoms with Gasteiger partial charge in [-0.15, -0.1) is 0 Å². The fourth-order valence-corrected chi connectivity index (χ4v) is 28.4. The van der Waals surface area contributed by atoms with Gasteiger partial charge >= 0.3 is 289 Å². The zero-order valence-corrected chi connectivity index (χ0v) is 31.6. The predicted octanol–water partition coefficient (Wildman–Crippen LogP) is 14.0. The van der Waals surface area contributed by atoms with Crippen LogP contribution < -0.4 is 0 Å². The van der Waals surface area contributed by atoms with Crippen LogP contribution in [0.2, 0.25) is 4.13 Å². The SMILES string of the molecule is C[CH2][Zr]([Cl])([Cl])([CH]1C(C)=Cc2c(-c3cccc4ccccc34)ccc(C)c21)[CH]1C(C)=Cc2c(-c3cccc4ccccc34)ccc(C)c21. The minimum atomic E-state index is -4.86. The zero-order chi connectivity index (χ0) is 32.7. The summed E-state index contributed by atoms with van der Waals surface area (Å²) < 4.78 is 0.842. The Hall–Kier alpha value is -3.22. The molecule has 233 valence electrons. The molecule has 6 aromatic carbocycles. The molecule has 47 heavy (non-hydrogen) atoms. The summed E-state index contributed by atoms with van der Waals surface area (Å²) in [6, 6.07) is 39.8. The number of fused-ring (bicyclic) bond motifs is 4. The molecule has 0 aromatic heterocycles. The molecule has 0 nitrogen and oxygen atoms in total. The summed E-state index contributed by atoms with van der Waals surface area (Å²) in [7, 11) is 16.9. The maximum atomic E-state index is 8.46. The average Bonchev–Trinajstić information content (AvgIpc) is 3.64. The summed E-state index contributed by atoms with van der Waals surface area (Å²) in [5, 5.41) is 5.05. The van der Waals surface area contributed by atoms with Crippen LogP contribution in [0.25, 0.3) is 56.0 Å². The first kappa shape index (κ1) is 31.1. The number of rotatable bonds is 5. The zero-order valence-electron chi connectivity index (χ0n) is 27.7. The monoisotopic (exact) mass is 727 g/mol. The van der Waals surface area contributed by atoms with Gasteiger partial charge in [-0.25, -0.2) is 0 Å². The van der Waals surface area contributed by atoms with Gasteiger partial charge in [-0.3, -0.25) is 0 Å². The summed E-state index contributed by atoms with van der Waals surface area (Å²) in [5.41, 5.74) is 15.5. The van der Waals surface area contributed by atoms with Crippen molar-refractivity contribution in [2.24, 2.45) is 0 Å². The molecule has 0 amide bonds. The first-order chi connectivity index (χ1) is 22.6. The Bertz CT molecular complexity index is 2170. The summed E-state index contributed by atoms with van der Waals surface area (Å²) in [6.07, 6.45) is 4.82. The van der Waals surface area contributed by atoms with E-state index in [1.807, 2.05) is 0 Å². The second-order valence-corrected chi connectivity index (χ2v) is 36.8. The van der Waals surface area contributed by atoms with Crippen LogP contribution in [0, 0.1) is 13.8 Å². The molecular formula is C44H39Cl2Zr. The Balaban J connectivity index is 1.34. The molecule has 2 atom stereocenters. The molecule has 2 aliphatic rings. The van der Waals surface area contributed by atoms with Crippen molar-refractivity contribution in [2.45, 2.75) is 46.0 Å². The Kier molecular flexibility index (Phi) is 7.38. The van der Waals surface area contributed by atoms with Crippen LogP contribution in [0.15, 0.2) is 120 Å². The third-order valence-corrected chi connectivity index (χ3v) is 32.4. The second kappa shape index (κ2) is 11.2. The molecule has 6 aromatic rings. The van der Waals surface area contributed by atoms with E-state index in [4.69, 9.17) is 17.0 Å². The summed E-state index contributed by atoms with van der Waals surface area (Å²) in [6.45, 7) is 11.3. The van der Waals surface area contributed by atoms with Gasteiger partial charge in [-0.05, 0) is 0 Å². The quantitative estimate of drug-likeness (QED) is 0.166. The number of allylic oxidation sites excluding steroid dienone is 2. The van der Waals surface area contributed by atoms with Gasteiger partial charge in [0.15, 0.2) is 0 Å². The van der Waals surface area contributed by atoms with Crippen molar-refractivity contribution in [2.75, 3.05) is 0 Å². The number of benzene rings is 6. The maximum absolute atomic E-state index is 8.46. The van der Waals surface area contributed by atoms with Crippen LogP contribution in [0.3, 0.4) is 0 Å². The summed E-state index contributed by atoms with van der Waals surface area (Å²) in [4.78, 5) is 0. The molecule has 2 aliphatic carbocycles. The Morgan fingerprint density at radius 1 is 0.489 bits per heavy atom. The average molecular weight is 730 g/mol. The molecule has 0 aliphatic heterocycles. The van der Waals surface area contributed by atoms with Gasteiger partial charge in [0, 0.05) is 0 Å². The molecule has 0 saturated heterocycles. The predicted molar refractivity (Wildman–Crippen MR) is 203 cm³/mol. The van der Waals surface area contributed by atoms with E-state index in [9.17, 15) is 0 Å². The van der Waals surface area contributed by atoms with E-state index < -0.39 is 16.4 Å². The topological polar surface area (TPSA) is 0 Å². The number of hydrogen-bond donors (Lipinski definition) is 0. The van der Waals surface area contributed by atoms with Crippen molar-refractivity contribution >= 4 is 50.7 Å². The third kappa shape index (κ3) is 4.57. The Morgan fingerprint density at radius 2 is 0.894 bits per heavy atom. The van der Waals surface area contributed by atoms with Crippen LogP contribution in [-0.2, 0) is 16.4 Å². The van der Waals surface area contributed by atoms with Crippen molar-refractivity contribution < 1.29 is 16.4 Å². The van der Waals surface area contributed by atoms with Gasteiger partial charge in [0.2, 0.25) is 0 Å². The standard InChI is InChI=1S/2C21H17.C2H5.2ClH.Zr/c2*1-14-12-20-15(2)10-11-19(21(20)13-14)18-9-5-7-16-6-3-4-8-17(16)18;1-2;;;/h2*3-13H,1-2H3;1H2,2H3;2*1H;/q;;;;;+2/p-2. The van der Waals surface area contributed by atoms with Crippen LogP contribution in [0.5, 0.6) is 0 Å². The van der Waals surface area contributed by atoms with Gasteiger partial charge in [-0.2, -0.15) is 0 Å². The van der Waals surface area contributed by atoms with Crippen LogP contribution in [-0.4, -0.2) is 0 Å². The third-order valence-electron chi connectivity index (χ3n) is 11.3. The molecular weight excluding hydrogens is 691 g/mol. The molecule has 0 radical (unpaired) electrons. The molecule has 0 fully saturated rings. The summed E-state index contributed by atoms with van der Waals surface area (Å²) >= 11 is -4.86. The van der Waals surface area contributed by atoms with Crippen molar-refractivity contribution in [1.29, 1.82) is 0 Å². The number of hydrogen-bond acceptors (Lipinski definition) is 0. The van der Waals surface area contributed by atoms with Gasteiger partial charge in [-0.1, -0.05) is 0 Å². The van der Waals surface area contributed by atoms with E-state index in [-0.39, 0.29) is 7.25 Å². The molecule has 0 spiro atoms. The second-order valence-electron chi connectivity index (χ2n) is 13.9. The molecule has 8 rings (SSSR count). The van der Waals surface area contributed by atoms with E-state index in [0.717, 1.165) is 4.13 Å². The first-order valence-corrected chi connectivity index (χ1v) is 27.7. The Labute approximate surface area is 287 Å². The molecule has 0 heterocycles. The van der Waals surface area contributed by atoms with Crippen molar-refractivity contribution in [3.05, 3.63) is 154 Å². The molecule has 2 unspecified atom stereocenters. The molecule has 0 N–H and O–H groups in total. The molecule has 3 heteroatoms. The fraction of sp³-hybridized carbons (Fsp3) is 0.182. The van der Waals surface area contributed by atoms with Crippen molar-refractivity contribution in [3.8, 4) is 22.3 Å². The molecule has 0 saturated carbocycles. The number of halogens is 2. The van der Waals surface area contributed by atoms with Crippen molar-refractivity contribution in [3.63, 3.8) is 0 Å². The van der Waals surface area contributed by atoms with E-state index in [0.29, 0.717) is 0 Å². The van der Waals surface area contributed by atoms with E-state index in [1.54, 1.807) is 0 Å². The molecule has 0 bridgehead atoms. The minimum absolute atomic E-state index is 0.0228. The Morgan fingerprint density at radius 3 is 1.32 bits per heavy atom.